The lowest BCUT2D eigenvalue weighted by Gasteiger charge is -2.26. The van der Waals surface area contributed by atoms with Crippen LogP contribution in [0.25, 0.3) is 22.0 Å². The predicted molar refractivity (Wildman–Crippen MR) is 117 cm³/mol. The number of carbonyl (C=O) groups is 2. The Hall–Kier alpha value is -4.13. The molecule has 2 aromatic heterocycles. The molecule has 7 heteroatoms. The Morgan fingerprint density at radius 1 is 1.00 bits per heavy atom. The van der Waals surface area contributed by atoms with Gasteiger partial charge >= 0.3 is 0 Å². The van der Waals surface area contributed by atoms with Crippen molar-refractivity contribution in [2.45, 2.75) is 13.0 Å². The standard InChI is InChI=1S/C25H18FN3O3/c1-14(29-24(30)17-7-3-4-8-18(17)25(29)31)22-21(15-6-5-11-27-13-15)23(32-2)19-12-16(26)9-10-20(19)28-22/h3-14H,1-2H3/t14-/m1/s1. The zero-order valence-electron chi connectivity index (χ0n) is 17.4. The molecule has 0 bridgehead atoms. The van der Waals surface area contributed by atoms with E-state index in [0.29, 0.717) is 44.6 Å². The Kier molecular flexibility index (Phi) is 4.66. The first-order valence-corrected chi connectivity index (χ1v) is 10.1. The summed E-state index contributed by atoms with van der Waals surface area (Å²) in [7, 11) is 1.50. The zero-order valence-corrected chi connectivity index (χ0v) is 17.4. The van der Waals surface area contributed by atoms with Crippen LogP contribution >= 0.6 is 0 Å². The summed E-state index contributed by atoms with van der Waals surface area (Å²) in [5, 5.41) is 0.490. The highest BCUT2D eigenvalue weighted by atomic mass is 19.1. The Morgan fingerprint density at radius 2 is 1.72 bits per heavy atom. The molecule has 3 heterocycles. The molecule has 1 aliphatic rings. The quantitative estimate of drug-likeness (QED) is 0.438. The van der Waals surface area contributed by atoms with Crippen LogP contribution in [0.15, 0.2) is 67.0 Å². The molecule has 1 aliphatic heterocycles. The normalized spacial score (nSPS) is 14.0. The number of halogens is 1. The average Bonchev–Trinajstić information content (AvgIpc) is 3.08. The molecule has 0 unspecified atom stereocenters. The van der Waals surface area contributed by atoms with E-state index in [4.69, 9.17) is 9.72 Å². The number of hydrogen-bond acceptors (Lipinski definition) is 5. The van der Waals surface area contributed by atoms with E-state index in [1.165, 1.54) is 24.1 Å². The summed E-state index contributed by atoms with van der Waals surface area (Å²) in [5.74, 6) is -0.776. The van der Waals surface area contributed by atoms with Gasteiger partial charge in [-0.15, -0.1) is 0 Å². The van der Waals surface area contributed by atoms with Crippen LogP contribution in [0.1, 0.15) is 39.4 Å². The number of ether oxygens (including phenoxy) is 1. The van der Waals surface area contributed by atoms with Crippen LogP contribution in [0.3, 0.4) is 0 Å². The lowest BCUT2D eigenvalue weighted by molar-refractivity contribution is 0.0592. The highest BCUT2D eigenvalue weighted by molar-refractivity contribution is 6.21. The third-order valence-corrected chi connectivity index (χ3v) is 5.69. The molecular weight excluding hydrogens is 409 g/mol. The van der Waals surface area contributed by atoms with E-state index >= 15 is 0 Å². The molecule has 0 N–H and O–H groups in total. The first kappa shape index (κ1) is 19.8. The number of carbonyl (C=O) groups excluding carboxylic acids is 2. The fraction of sp³-hybridized carbons (Fsp3) is 0.120. The van der Waals surface area contributed by atoms with Gasteiger partial charge in [0.1, 0.15) is 11.6 Å². The monoisotopic (exact) mass is 427 g/mol. The van der Waals surface area contributed by atoms with Crippen molar-refractivity contribution in [2.24, 2.45) is 0 Å². The van der Waals surface area contributed by atoms with E-state index in [1.54, 1.807) is 55.7 Å². The van der Waals surface area contributed by atoms with Crippen molar-refractivity contribution >= 4 is 22.7 Å². The predicted octanol–water partition coefficient (Wildman–Crippen LogP) is 4.80. The number of nitrogens with zero attached hydrogens (tertiary/aromatic N) is 3. The van der Waals surface area contributed by atoms with Gasteiger partial charge in [0.15, 0.2) is 0 Å². The third kappa shape index (κ3) is 2.93. The Morgan fingerprint density at radius 3 is 2.34 bits per heavy atom. The molecule has 2 aromatic carbocycles. The minimum atomic E-state index is -0.707. The van der Waals surface area contributed by atoms with E-state index < -0.39 is 11.9 Å². The van der Waals surface area contributed by atoms with Crippen LogP contribution in [0.2, 0.25) is 0 Å². The summed E-state index contributed by atoms with van der Waals surface area (Å²) < 4.78 is 19.8. The van der Waals surface area contributed by atoms with Gasteiger partial charge in [-0.2, -0.15) is 0 Å². The molecule has 5 rings (SSSR count). The van der Waals surface area contributed by atoms with Crippen LogP contribution in [-0.4, -0.2) is 33.8 Å². The molecular formula is C25H18FN3O3. The van der Waals surface area contributed by atoms with Crippen LogP contribution in [0.5, 0.6) is 5.75 Å². The van der Waals surface area contributed by atoms with Crippen molar-refractivity contribution in [2.75, 3.05) is 7.11 Å². The highest BCUT2D eigenvalue weighted by Crippen LogP contribution is 2.43. The van der Waals surface area contributed by atoms with Crippen molar-refractivity contribution in [3.05, 3.63) is 89.6 Å². The average molecular weight is 427 g/mol. The van der Waals surface area contributed by atoms with Crippen LogP contribution < -0.4 is 4.74 Å². The number of imide groups is 1. The maximum Gasteiger partial charge on any atom is 0.262 e. The first-order valence-electron chi connectivity index (χ1n) is 10.1. The van der Waals surface area contributed by atoms with Gasteiger partial charge in [-0.25, -0.2) is 9.37 Å². The lowest BCUT2D eigenvalue weighted by atomic mass is 9.97. The van der Waals surface area contributed by atoms with Crippen molar-refractivity contribution in [1.82, 2.24) is 14.9 Å². The second-order valence-corrected chi connectivity index (χ2v) is 7.51. The molecule has 32 heavy (non-hydrogen) atoms. The molecule has 2 amide bonds. The van der Waals surface area contributed by atoms with Gasteiger partial charge in [0.05, 0.1) is 35.5 Å². The molecule has 1 atom stereocenters. The molecule has 0 spiro atoms. The molecule has 0 saturated carbocycles. The fourth-order valence-corrected chi connectivity index (χ4v) is 4.21. The van der Waals surface area contributed by atoms with Gasteiger partial charge in [-0.1, -0.05) is 18.2 Å². The summed E-state index contributed by atoms with van der Waals surface area (Å²) in [6.07, 6.45) is 3.28. The second kappa shape index (κ2) is 7.53. The highest BCUT2D eigenvalue weighted by Gasteiger charge is 2.40. The second-order valence-electron chi connectivity index (χ2n) is 7.51. The van der Waals surface area contributed by atoms with Gasteiger partial charge in [-0.05, 0) is 43.3 Å². The van der Waals surface area contributed by atoms with E-state index in [1.807, 2.05) is 6.07 Å². The van der Waals surface area contributed by atoms with E-state index in [9.17, 15) is 14.0 Å². The van der Waals surface area contributed by atoms with Gasteiger partial charge in [-0.3, -0.25) is 19.5 Å². The largest absolute Gasteiger partial charge is 0.495 e. The molecule has 0 fully saturated rings. The topological polar surface area (TPSA) is 72.4 Å². The summed E-state index contributed by atoms with van der Waals surface area (Å²) in [5.41, 5.74) is 2.92. The number of methoxy groups -OCH3 is 1. The van der Waals surface area contributed by atoms with Gasteiger partial charge in [0.2, 0.25) is 0 Å². The Labute approximate surface area is 183 Å². The number of rotatable bonds is 4. The molecule has 0 aliphatic carbocycles. The van der Waals surface area contributed by atoms with E-state index in [-0.39, 0.29) is 11.8 Å². The Balaban J connectivity index is 1.76. The van der Waals surface area contributed by atoms with Crippen molar-refractivity contribution < 1.29 is 18.7 Å². The van der Waals surface area contributed by atoms with E-state index in [2.05, 4.69) is 4.98 Å². The minimum Gasteiger partial charge on any atom is -0.495 e. The van der Waals surface area contributed by atoms with Gasteiger partial charge in [0, 0.05) is 28.9 Å². The van der Waals surface area contributed by atoms with Crippen molar-refractivity contribution in [3.63, 3.8) is 0 Å². The van der Waals surface area contributed by atoms with Crippen molar-refractivity contribution in [1.29, 1.82) is 0 Å². The number of pyridine rings is 2. The smallest absolute Gasteiger partial charge is 0.262 e. The SMILES string of the molecule is COc1c(-c2cccnc2)c([C@@H](C)N2C(=O)c3ccccc3C2=O)nc2ccc(F)cc12. The fourth-order valence-electron chi connectivity index (χ4n) is 4.21. The maximum absolute atomic E-state index is 14.1. The summed E-state index contributed by atoms with van der Waals surface area (Å²) >= 11 is 0. The van der Waals surface area contributed by atoms with Gasteiger partial charge in [0.25, 0.3) is 11.8 Å². The lowest BCUT2D eigenvalue weighted by Crippen LogP contribution is -2.33. The van der Waals surface area contributed by atoms with Crippen molar-refractivity contribution in [3.8, 4) is 16.9 Å². The van der Waals surface area contributed by atoms with Crippen LogP contribution in [0.4, 0.5) is 4.39 Å². The maximum atomic E-state index is 14.1. The number of aromatic nitrogens is 2. The molecule has 0 saturated heterocycles. The number of fused-ring (bicyclic) bond motifs is 2. The number of hydrogen-bond donors (Lipinski definition) is 0. The summed E-state index contributed by atoms with van der Waals surface area (Å²) in [6.45, 7) is 1.75. The molecule has 4 aromatic rings. The summed E-state index contributed by atoms with van der Waals surface area (Å²) in [4.78, 5) is 36.4. The van der Waals surface area contributed by atoms with E-state index in [0.717, 1.165) is 0 Å². The summed E-state index contributed by atoms with van der Waals surface area (Å²) in [6, 6.07) is 13.8. The number of benzene rings is 2. The number of amides is 2. The third-order valence-electron chi connectivity index (χ3n) is 5.69. The zero-order chi connectivity index (χ0) is 22.4. The minimum absolute atomic E-state index is 0.363. The Bertz CT molecular complexity index is 1350. The first-order chi connectivity index (χ1) is 15.5. The molecule has 158 valence electrons. The molecule has 0 radical (unpaired) electrons. The van der Waals surface area contributed by atoms with Crippen LogP contribution in [-0.2, 0) is 0 Å². The van der Waals surface area contributed by atoms with Crippen LogP contribution in [0, 0.1) is 5.82 Å². The molecule has 6 nitrogen and oxygen atoms in total. The van der Waals surface area contributed by atoms with Gasteiger partial charge < -0.3 is 4.74 Å².